The highest BCUT2D eigenvalue weighted by Crippen LogP contribution is 2.29. The predicted octanol–water partition coefficient (Wildman–Crippen LogP) is 4.97. The lowest BCUT2D eigenvalue weighted by Gasteiger charge is -2.09. The van der Waals surface area contributed by atoms with Gasteiger partial charge in [0.05, 0.1) is 15.5 Å². The maximum absolute atomic E-state index is 12.6. The molecular formula is C24H25N3O3S2. The van der Waals surface area contributed by atoms with Gasteiger partial charge in [0.25, 0.3) is 15.9 Å². The van der Waals surface area contributed by atoms with Crippen molar-refractivity contribution in [1.29, 1.82) is 0 Å². The van der Waals surface area contributed by atoms with Gasteiger partial charge in [0.15, 0.2) is 0 Å². The van der Waals surface area contributed by atoms with Gasteiger partial charge in [-0.3, -0.25) is 9.52 Å². The molecule has 0 atom stereocenters. The third-order valence-corrected chi connectivity index (χ3v) is 8.01. The maximum Gasteiger partial charge on any atom is 0.281 e. The summed E-state index contributed by atoms with van der Waals surface area (Å²) in [7, 11) is -3.68. The second-order valence-electron chi connectivity index (χ2n) is 7.76. The van der Waals surface area contributed by atoms with Crippen LogP contribution in [0.5, 0.6) is 0 Å². The number of benzene rings is 2. The topological polar surface area (TPSA) is 87.6 Å². The summed E-state index contributed by atoms with van der Waals surface area (Å²) in [5.74, 6) is -0.219. The third-order valence-electron chi connectivity index (χ3n) is 5.38. The fourth-order valence-corrected chi connectivity index (χ4v) is 5.87. The molecule has 0 fully saturated rings. The van der Waals surface area contributed by atoms with Crippen molar-refractivity contribution in [3.63, 3.8) is 0 Å². The number of carbonyl (C=O) groups excluding carboxylic acids is 1. The third kappa shape index (κ3) is 5.26. The summed E-state index contributed by atoms with van der Waals surface area (Å²) >= 11 is 1.55. The van der Waals surface area contributed by atoms with Gasteiger partial charge in [0.1, 0.15) is 0 Å². The van der Waals surface area contributed by atoms with Crippen LogP contribution in [-0.2, 0) is 22.9 Å². The Kier molecular flexibility index (Phi) is 6.72. The molecule has 3 aromatic rings. The lowest BCUT2D eigenvalue weighted by molar-refractivity contribution is 0.0959. The van der Waals surface area contributed by atoms with Crippen LogP contribution in [0.1, 0.15) is 51.9 Å². The van der Waals surface area contributed by atoms with Crippen LogP contribution in [-0.4, -0.2) is 20.0 Å². The van der Waals surface area contributed by atoms with E-state index in [1.165, 1.54) is 29.7 Å². The Balaban J connectivity index is 1.45. The van der Waals surface area contributed by atoms with E-state index in [1.807, 2.05) is 12.1 Å². The second kappa shape index (κ2) is 9.67. The number of carbonyl (C=O) groups is 1. The monoisotopic (exact) mass is 467 g/mol. The number of nitrogens with one attached hydrogen (secondary N) is 2. The Morgan fingerprint density at radius 3 is 2.56 bits per heavy atom. The summed E-state index contributed by atoms with van der Waals surface area (Å²) in [6, 6.07) is 17.1. The zero-order chi connectivity index (χ0) is 22.6. The number of sulfonamides is 1. The Labute approximate surface area is 192 Å². The van der Waals surface area contributed by atoms with Crippen molar-refractivity contribution in [2.24, 2.45) is 5.10 Å². The molecular weight excluding hydrogens is 442 g/mol. The average Bonchev–Trinajstić information content (AvgIpc) is 3.08. The van der Waals surface area contributed by atoms with Gasteiger partial charge in [-0.2, -0.15) is 5.10 Å². The molecule has 1 aliphatic carbocycles. The maximum atomic E-state index is 12.6. The van der Waals surface area contributed by atoms with E-state index in [9.17, 15) is 13.2 Å². The van der Waals surface area contributed by atoms with Crippen molar-refractivity contribution in [2.45, 2.75) is 43.9 Å². The number of hydrogen-bond donors (Lipinski definition) is 2. The van der Waals surface area contributed by atoms with Crippen LogP contribution in [0.15, 0.2) is 70.7 Å². The van der Waals surface area contributed by atoms with Gasteiger partial charge in [-0.25, -0.2) is 13.8 Å². The first-order valence-electron chi connectivity index (χ1n) is 10.6. The molecule has 0 radical (unpaired) electrons. The molecule has 2 N–H and O–H groups in total. The fourth-order valence-electron chi connectivity index (χ4n) is 3.66. The molecule has 0 saturated carbocycles. The summed E-state index contributed by atoms with van der Waals surface area (Å²) in [5, 5.41) is 4.24. The van der Waals surface area contributed by atoms with Gasteiger partial charge in [-0.1, -0.05) is 36.8 Å². The molecule has 8 heteroatoms. The van der Waals surface area contributed by atoms with Crippen LogP contribution in [0.3, 0.4) is 0 Å². The summed E-state index contributed by atoms with van der Waals surface area (Å²) in [5.41, 5.74) is 5.64. The molecule has 1 heterocycles. The first-order chi connectivity index (χ1) is 15.4. The number of hydrazone groups is 1. The number of fused-ring (bicyclic) bond motifs is 1. The molecule has 0 saturated heterocycles. The van der Waals surface area contributed by atoms with E-state index >= 15 is 0 Å². The van der Waals surface area contributed by atoms with E-state index in [0.29, 0.717) is 21.8 Å². The Hall–Kier alpha value is -2.97. The summed E-state index contributed by atoms with van der Waals surface area (Å²) < 4.78 is 27.7. The molecule has 0 aliphatic heterocycles. The predicted molar refractivity (Wildman–Crippen MR) is 129 cm³/mol. The number of rotatable bonds is 6. The number of thiophene rings is 1. The second-order valence-corrected chi connectivity index (χ2v) is 10.6. The zero-order valence-electron chi connectivity index (χ0n) is 17.8. The van der Waals surface area contributed by atoms with Gasteiger partial charge < -0.3 is 0 Å². The van der Waals surface area contributed by atoms with Crippen molar-refractivity contribution in [1.82, 2.24) is 5.43 Å². The first kappa shape index (κ1) is 22.2. The SMILES string of the molecule is C/C(=N\NC(=O)c1cc2c(s1)CCCCC2)c1cccc(NS(=O)(=O)c2ccccc2)c1. The van der Waals surface area contributed by atoms with Crippen LogP contribution < -0.4 is 10.1 Å². The highest BCUT2D eigenvalue weighted by Gasteiger charge is 2.17. The molecule has 32 heavy (non-hydrogen) atoms. The van der Waals surface area contributed by atoms with Crippen molar-refractivity contribution >= 4 is 38.7 Å². The van der Waals surface area contributed by atoms with Crippen molar-refractivity contribution in [3.8, 4) is 0 Å². The minimum Gasteiger partial charge on any atom is -0.280 e. The molecule has 1 aromatic heterocycles. The highest BCUT2D eigenvalue weighted by atomic mass is 32.2. The van der Waals surface area contributed by atoms with E-state index in [1.54, 1.807) is 66.8 Å². The van der Waals surface area contributed by atoms with Crippen molar-refractivity contribution < 1.29 is 13.2 Å². The minimum atomic E-state index is -3.68. The molecule has 0 spiro atoms. The van der Waals surface area contributed by atoms with Gasteiger partial charge in [-0.15, -0.1) is 11.3 Å². The number of anilines is 1. The summed E-state index contributed by atoms with van der Waals surface area (Å²) in [6.45, 7) is 1.77. The number of nitrogens with zero attached hydrogens (tertiary/aromatic N) is 1. The van der Waals surface area contributed by atoms with E-state index in [-0.39, 0.29) is 10.8 Å². The van der Waals surface area contributed by atoms with Crippen LogP contribution in [0.25, 0.3) is 0 Å². The van der Waals surface area contributed by atoms with Gasteiger partial charge >= 0.3 is 0 Å². The Morgan fingerprint density at radius 1 is 0.969 bits per heavy atom. The standard InChI is InChI=1S/C24H25N3O3S2/c1-17(25-26-24(28)23-16-19-9-4-2-7-14-22(19)31-23)18-10-8-11-20(15-18)27-32(29,30)21-12-5-3-6-13-21/h3,5-6,8,10-13,15-16,27H,2,4,7,9,14H2,1H3,(H,26,28)/b25-17+. The first-order valence-corrected chi connectivity index (χ1v) is 12.9. The fraction of sp³-hybridized carbons (Fsp3) is 0.250. The molecule has 1 amide bonds. The zero-order valence-corrected chi connectivity index (χ0v) is 19.4. The van der Waals surface area contributed by atoms with E-state index in [2.05, 4.69) is 15.2 Å². The van der Waals surface area contributed by atoms with Crippen LogP contribution in [0.2, 0.25) is 0 Å². The normalized spacial score (nSPS) is 14.3. The highest BCUT2D eigenvalue weighted by molar-refractivity contribution is 7.92. The molecule has 0 bridgehead atoms. The Morgan fingerprint density at radius 2 is 1.75 bits per heavy atom. The molecule has 4 rings (SSSR count). The number of hydrogen-bond acceptors (Lipinski definition) is 5. The molecule has 6 nitrogen and oxygen atoms in total. The Bertz CT molecular complexity index is 1230. The van der Waals surface area contributed by atoms with Crippen LogP contribution in [0.4, 0.5) is 5.69 Å². The van der Waals surface area contributed by atoms with Gasteiger partial charge in [0.2, 0.25) is 0 Å². The van der Waals surface area contributed by atoms with Gasteiger partial charge in [-0.05, 0) is 74.1 Å². The quantitative estimate of drug-likeness (QED) is 0.305. The van der Waals surface area contributed by atoms with Crippen LogP contribution in [0, 0.1) is 0 Å². The largest absolute Gasteiger partial charge is 0.281 e. The summed E-state index contributed by atoms with van der Waals surface area (Å²) in [6.07, 6.45) is 5.67. The smallest absolute Gasteiger partial charge is 0.280 e. The van der Waals surface area contributed by atoms with Crippen molar-refractivity contribution in [2.75, 3.05) is 4.72 Å². The summed E-state index contributed by atoms with van der Waals surface area (Å²) in [4.78, 5) is 14.8. The van der Waals surface area contributed by atoms with E-state index in [0.717, 1.165) is 12.8 Å². The molecule has 0 unspecified atom stereocenters. The van der Waals surface area contributed by atoms with Crippen molar-refractivity contribution in [3.05, 3.63) is 81.5 Å². The lowest BCUT2D eigenvalue weighted by Crippen LogP contribution is -2.18. The number of amides is 1. The van der Waals surface area contributed by atoms with E-state index in [4.69, 9.17) is 0 Å². The molecule has 2 aromatic carbocycles. The lowest BCUT2D eigenvalue weighted by atomic mass is 10.1. The minimum absolute atomic E-state index is 0.192. The average molecular weight is 468 g/mol. The van der Waals surface area contributed by atoms with Gasteiger partial charge in [0, 0.05) is 10.6 Å². The number of aryl methyl sites for hydroxylation is 2. The van der Waals surface area contributed by atoms with Crippen LogP contribution >= 0.6 is 11.3 Å². The molecule has 1 aliphatic rings. The molecule has 166 valence electrons. The van der Waals surface area contributed by atoms with E-state index < -0.39 is 10.0 Å².